The summed E-state index contributed by atoms with van der Waals surface area (Å²) in [6.45, 7) is 0.662. The molecule has 3 aromatic rings. The Morgan fingerprint density at radius 1 is 0.889 bits per heavy atom. The Hall–Kier alpha value is -4.33. The Morgan fingerprint density at radius 3 is 2.06 bits per heavy atom. The van der Waals surface area contributed by atoms with Crippen molar-refractivity contribution in [2.45, 2.75) is 44.6 Å². The smallest absolute Gasteiger partial charge is 0.326 e. The van der Waals surface area contributed by atoms with Crippen molar-refractivity contribution in [1.29, 1.82) is 0 Å². The number of hydrogen-bond donors (Lipinski definition) is 3. The Morgan fingerprint density at radius 2 is 1.50 bits per heavy atom. The van der Waals surface area contributed by atoms with Crippen LogP contribution in [0.25, 0.3) is 0 Å². The maximum absolute atomic E-state index is 12.5. The maximum atomic E-state index is 12.5. The zero-order valence-electron chi connectivity index (χ0n) is 19.7. The molecule has 0 bridgehead atoms. The molecule has 36 heavy (non-hydrogen) atoms. The van der Waals surface area contributed by atoms with E-state index in [9.17, 15) is 19.5 Å². The van der Waals surface area contributed by atoms with Crippen LogP contribution in [0.4, 0.5) is 0 Å². The molecule has 3 N–H and O–H groups in total. The standard InChI is InChI=1S/C28H28N2O6/c31-26-14-12-22(29-26)27(32)30-23(28(33)34)15-21-11-13-24(35-17-19-7-3-1-4-8-19)25(16-21)36-18-20-9-5-2-6-10-20/h1-11,13,16,22-23H,12,14-15,17-18H2,(H,29,31)(H,30,32)(H,33,34)/t22-,23+/m0/s1. The van der Waals surface area contributed by atoms with Gasteiger partial charge in [-0.25, -0.2) is 4.79 Å². The van der Waals surface area contributed by atoms with Crippen LogP contribution in [0, 0.1) is 0 Å². The van der Waals surface area contributed by atoms with E-state index in [-0.39, 0.29) is 18.7 Å². The van der Waals surface area contributed by atoms with Gasteiger partial charge in [0.05, 0.1) is 0 Å². The first-order chi connectivity index (χ1) is 17.5. The minimum atomic E-state index is -1.16. The highest BCUT2D eigenvalue weighted by Gasteiger charge is 2.30. The highest BCUT2D eigenvalue weighted by atomic mass is 16.5. The van der Waals surface area contributed by atoms with Gasteiger partial charge in [-0.2, -0.15) is 0 Å². The van der Waals surface area contributed by atoms with Crippen molar-refractivity contribution in [3.05, 3.63) is 95.6 Å². The summed E-state index contributed by atoms with van der Waals surface area (Å²) in [5, 5.41) is 14.8. The molecule has 1 aliphatic heterocycles. The van der Waals surface area contributed by atoms with Crippen LogP contribution in [0.15, 0.2) is 78.9 Å². The first-order valence-corrected chi connectivity index (χ1v) is 11.8. The molecule has 8 nitrogen and oxygen atoms in total. The fourth-order valence-electron chi connectivity index (χ4n) is 3.90. The second kappa shape index (κ2) is 11.9. The third kappa shape index (κ3) is 6.85. The number of amides is 2. The zero-order chi connectivity index (χ0) is 25.3. The highest BCUT2D eigenvalue weighted by molar-refractivity contribution is 5.92. The van der Waals surface area contributed by atoms with Crippen molar-refractivity contribution in [2.24, 2.45) is 0 Å². The van der Waals surface area contributed by atoms with Gasteiger partial charge in [-0.3, -0.25) is 9.59 Å². The van der Waals surface area contributed by atoms with E-state index in [2.05, 4.69) is 10.6 Å². The molecule has 8 heteroatoms. The Balaban J connectivity index is 1.49. The van der Waals surface area contributed by atoms with Gasteiger partial charge in [0.1, 0.15) is 25.3 Å². The van der Waals surface area contributed by atoms with Crippen LogP contribution in [0.1, 0.15) is 29.5 Å². The predicted octanol–water partition coefficient (Wildman–Crippen LogP) is 3.24. The van der Waals surface area contributed by atoms with Gasteiger partial charge in [0.25, 0.3) is 0 Å². The van der Waals surface area contributed by atoms with E-state index < -0.39 is 24.0 Å². The first kappa shape index (κ1) is 24.8. The van der Waals surface area contributed by atoms with Gasteiger partial charge in [-0.05, 0) is 35.2 Å². The third-order valence-electron chi connectivity index (χ3n) is 5.85. The number of carboxylic acid groups (broad SMARTS) is 1. The number of nitrogens with one attached hydrogen (secondary N) is 2. The van der Waals surface area contributed by atoms with Crippen molar-refractivity contribution in [3.63, 3.8) is 0 Å². The first-order valence-electron chi connectivity index (χ1n) is 11.8. The normalized spacial score (nSPS) is 15.6. The molecule has 0 unspecified atom stereocenters. The topological polar surface area (TPSA) is 114 Å². The van der Waals surface area contributed by atoms with Crippen molar-refractivity contribution in [1.82, 2.24) is 10.6 Å². The van der Waals surface area contributed by atoms with E-state index in [0.717, 1.165) is 11.1 Å². The summed E-state index contributed by atoms with van der Waals surface area (Å²) in [4.78, 5) is 35.8. The number of benzene rings is 3. The van der Waals surface area contributed by atoms with Crippen LogP contribution < -0.4 is 20.1 Å². The number of carboxylic acids is 1. The molecule has 1 saturated heterocycles. The van der Waals surface area contributed by atoms with Crippen LogP contribution >= 0.6 is 0 Å². The largest absolute Gasteiger partial charge is 0.485 e. The van der Waals surface area contributed by atoms with Gasteiger partial charge in [0.2, 0.25) is 11.8 Å². The molecule has 2 amide bonds. The van der Waals surface area contributed by atoms with Crippen LogP contribution in [0.5, 0.6) is 11.5 Å². The minimum Gasteiger partial charge on any atom is -0.485 e. The molecule has 2 atom stereocenters. The molecule has 0 aliphatic carbocycles. The fourth-order valence-corrected chi connectivity index (χ4v) is 3.90. The average Bonchev–Trinajstić information content (AvgIpc) is 3.34. The van der Waals surface area contributed by atoms with Crippen molar-refractivity contribution >= 4 is 17.8 Å². The lowest BCUT2D eigenvalue weighted by Crippen LogP contribution is -2.49. The summed E-state index contributed by atoms with van der Waals surface area (Å²) < 4.78 is 12.1. The summed E-state index contributed by atoms with van der Waals surface area (Å²) in [6.07, 6.45) is 0.646. The van der Waals surface area contributed by atoms with Gasteiger partial charge >= 0.3 is 5.97 Å². The molecule has 0 aromatic heterocycles. The molecule has 1 heterocycles. The Bertz CT molecular complexity index is 1200. The second-order valence-corrected chi connectivity index (χ2v) is 8.59. The number of ether oxygens (including phenoxy) is 2. The number of hydrogen-bond acceptors (Lipinski definition) is 5. The summed E-state index contributed by atoms with van der Waals surface area (Å²) in [7, 11) is 0. The lowest BCUT2D eigenvalue weighted by Gasteiger charge is -2.19. The van der Waals surface area contributed by atoms with E-state index in [1.807, 2.05) is 60.7 Å². The van der Waals surface area contributed by atoms with Gasteiger partial charge in [0, 0.05) is 12.8 Å². The molecular weight excluding hydrogens is 460 g/mol. The van der Waals surface area contributed by atoms with E-state index in [1.54, 1.807) is 18.2 Å². The molecule has 0 radical (unpaired) electrons. The number of rotatable bonds is 11. The minimum absolute atomic E-state index is 0.0440. The Kier molecular flexibility index (Phi) is 8.18. The third-order valence-corrected chi connectivity index (χ3v) is 5.85. The molecule has 1 aliphatic rings. The number of aliphatic carboxylic acids is 1. The molecule has 3 aromatic carbocycles. The molecule has 1 fully saturated rings. The van der Waals surface area contributed by atoms with Gasteiger partial charge in [0.15, 0.2) is 11.5 Å². The van der Waals surface area contributed by atoms with Crippen LogP contribution in [-0.4, -0.2) is 35.0 Å². The van der Waals surface area contributed by atoms with E-state index in [4.69, 9.17) is 9.47 Å². The van der Waals surface area contributed by atoms with Crippen molar-refractivity contribution in [3.8, 4) is 11.5 Å². The summed E-state index contributed by atoms with van der Waals surface area (Å²) in [5.41, 5.74) is 2.64. The summed E-state index contributed by atoms with van der Waals surface area (Å²) in [6, 6.07) is 22.8. The van der Waals surface area contributed by atoms with Gasteiger partial charge < -0.3 is 25.2 Å². The monoisotopic (exact) mass is 488 g/mol. The molecule has 4 rings (SSSR count). The summed E-state index contributed by atoms with van der Waals surface area (Å²) in [5.74, 6) is -0.873. The quantitative estimate of drug-likeness (QED) is 0.382. The second-order valence-electron chi connectivity index (χ2n) is 8.59. The molecule has 0 spiro atoms. The molecule has 186 valence electrons. The van der Waals surface area contributed by atoms with Crippen molar-refractivity contribution in [2.75, 3.05) is 0 Å². The zero-order valence-corrected chi connectivity index (χ0v) is 19.7. The maximum Gasteiger partial charge on any atom is 0.326 e. The number of carbonyl (C=O) groups excluding carboxylic acids is 2. The van der Waals surface area contributed by atoms with Gasteiger partial charge in [-0.15, -0.1) is 0 Å². The lowest BCUT2D eigenvalue weighted by atomic mass is 10.0. The van der Waals surface area contributed by atoms with Crippen LogP contribution in [0.3, 0.4) is 0 Å². The predicted molar refractivity (Wildman–Crippen MR) is 132 cm³/mol. The van der Waals surface area contributed by atoms with E-state index in [0.29, 0.717) is 36.7 Å². The Labute approximate surface area is 209 Å². The lowest BCUT2D eigenvalue weighted by molar-refractivity contribution is -0.142. The number of carbonyl (C=O) groups is 3. The van der Waals surface area contributed by atoms with Crippen LogP contribution in [0.2, 0.25) is 0 Å². The molecular formula is C28H28N2O6. The fraction of sp³-hybridized carbons (Fsp3) is 0.250. The average molecular weight is 489 g/mol. The van der Waals surface area contributed by atoms with E-state index in [1.165, 1.54) is 0 Å². The summed E-state index contributed by atoms with van der Waals surface area (Å²) >= 11 is 0. The van der Waals surface area contributed by atoms with E-state index >= 15 is 0 Å². The van der Waals surface area contributed by atoms with Crippen molar-refractivity contribution < 1.29 is 29.0 Å². The molecule has 0 saturated carbocycles. The SMILES string of the molecule is O=C1CC[C@@H](C(=O)N[C@H](Cc2ccc(OCc3ccccc3)c(OCc3ccccc3)c2)C(=O)O)N1. The van der Waals surface area contributed by atoms with Gasteiger partial charge in [-0.1, -0.05) is 66.7 Å². The highest BCUT2D eigenvalue weighted by Crippen LogP contribution is 2.30. The van der Waals surface area contributed by atoms with Crippen LogP contribution in [-0.2, 0) is 34.0 Å².